The van der Waals surface area contributed by atoms with Crippen molar-refractivity contribution in [3.8, 4) is 0 Å². The summed E-state index contributed by atoms with van der Waals surface area (Å²) < 4.78 is 0. The van der Waals surface area contributed by atoms with E-state index in [0.717, 1.165) is 29.3 Å². The van der Waals surface area contributed by atoms with Crippen LogP contribution in [0.25, 0.3) is 10.8 Å². The second-order valence-electron chi connectivity index (χ2n) is 7.80. The average molecular weight is 390 g/mol. The van der Waals surface area contributed by atoms with Gasteiger partial charge in [0.2, 0.25) is 11.8 Å². The Labute approximate surface area is 167 Å². The van der Waals surface area contributed by atoms with Crippen LogP contribution in [-0.4, -0.2) is 57.0 Å². The molecule has 0 saturated carbocycles. The summed E-state index contributed by atoms with van der Waals surface area (Å²) in [7, 11) is 0. The maximum absolute atomic E-state index is 13.2. The minimum Gasteiger partial charge on any atom is -0.342 e. The van der Waals surface area contributed by atoms with Gasteiger partial charge in [0.1, 0.15) is 0 Å². The summed E-state index contributed by atoms with van der Waals surface area (Å²) in [4.78, 5) is 29.6. The number of tetrazole rings is 1. The van der Waals surface area contributed by atoms with E-state index in [1.54, 1.807) is 4.90 Å². The van der Waals surface area contributed by atoms with Crippen molar-refractivity contribution in [1.29, 1.82) is 0 Å². The minimum atomic E-state index is -0.314. The van der Waals surface area contributed by atoms with Crippen molar-refractivity contribution in [2.24, 2.45) is 5.92 Å². The highest BCUT2D eigenvalue weighted by Gasteiger charge is 2.39. The van der Waals surface area contributed by atoms with Crippen LogP contribution in [0.3, 0.4) is 0 Å². The number of fused-ring (bicyclic) bond motifs is 1. The van der Waals surface area contributed by atoms with E-state index in [-0.39, 0.29) is 30.1 Å². The van der Waals surface area contributed by atoms with Crippen LogP contribution in [-0.2, 0) is 9.59 Å². The van der Waals surface area contributed by atoms with E-state index < -0.39 is 0 Å². The number of anilines is 1. The molecule has 5 rings (SSSR count). The summed E-state index contributed by atoms with van der Waals surface area (Å²) in [5, 5.41) is 16.4. The van der Waals surface area contributed by atoms with Crippen LogP contribution in [0.4, 0.5) is 5.69 Å². The fourth-order valence-corrected chi connectivity index (χ4v) is 4.54. The average Bonchev–Trinajstić information content (AvgIpc) is 3.43. The third kappa shape index (κ3) is 3.24. The number of piperidine rings is 1. The first-order chi connectivity index (χ1) is 14.2. The number of hydrogen-bond acceptors (Lipinski definition) is 5. The van der Waals surface area contributed by atoms with Crippen molar-refractivity contribution < 1.29 is 9.59 Å². The lowest BCUT2D eigenvalue weighted by atomic mass is 9.95. The summed E-state index contributed by atoms with van der Waals surface area (Å²) >= 11 is 0. The monoisotopic (exact) mass is 390 g/mol. The maximum Gasteiger partial charge on any atom is 0.228 e. The van der Waals surface area contributed by atoms with Crippen LogP contribution in [0.1, 0.15) is 31.0 Å². The molecule has 2 unspecified atom stereocenters. The molecule has 0 spiro atoms. The number of likely N-dealkylation sites (tertiary alicyclic amines) is 1. The molecule has 0 bridgehead atoms. The van der Waals surface area contributed by atoms with Gasteiger partial charge in [-0.1, -0.05) is 41.6 Å². The zero-order valence-electron chi connectivity index (χ0n) is 16.0. The largest absolute Gasteiger partial charge is 0.342 e. The van der Waals surface area contributed by atoms with Crippen LogP contribution in [0.5, 0.6) is 0 Å². The summed E-state index contributed by atoms with van der Waals surface area (Å²) in [5.41, 5.74) is 0.881. The Morgan fingerprint density at radius 1 is 1.10 bits per heavy atom. The fraction of sp³-hybridized carbons (Fsp3) is 0.381. The molecule has 2 aliphatic rings. The number of hydrogen-bond donors (Lipinski definition) is 1. The van der Waals surface area contributed by atoms with E-state index >= 15 is 0 Å². The summed E-state index contributed by atoms with van der Waals surface area (Å²) in [6.45, 7) is 1.72. The second-order valence-corrected chi connectivity index (χ2v) is 7.80. The Kier molecular flexibility index (Phi) is 4.46. The smallest absolute Gasteiger partial charge is 0.228 e. The second kappa shape index (κ2) is 7.27. The predicted molar refractivity (Wildman–Crippen MR) is 107 cm³/mol. The molecule has 2 aromatic carbocycles. The van der Waals surface area contributed by atoms with Gasteiger partial charge < -0.3 is 9.80 Å². The quantitative estimate of drug-likeness (QED) is 0.739. The van der Waals surface area contributed by atoms with Gasteiger partial charge in [-0.2, -0.15) is 5.21 Å². The SMILES string of the molecule is O=C(C1CC(=O)N(c2cccc3ccccc23)C1)N1CCCC(c2nn[nH]n2)C1. The highest BCUT2D eigenvalue weighted by Crippen LogP contribution is 2.33. The van der Waals surface area contributed by atoms with Crippen molar-refractivity contribution in [3.05, 3.63) is 48.3 Å². The number of nitrogens with zero attached hydrogens (tertiary/aromatic N) is 5. The van der Waals surface area contributed by atoms with Crippen molar-refractivity contribution in [1.82, 2.24) is 25.5 Å². The van der Waals surface area contributed by atoms with Gasteiger partial charge in [0.05, 0.1) is 11.6 Å². The molecular formula is C21H22N6O2. The highest BCUT2D eigenvalue weighted by molar-refractivity contribution is 6.07. The summed E-state index contributed by atoms with van der Waals surface area (Å²) in [5.74, 6) is 0.492. The van der Waals surface area contributed by atoms with Gasteiger partial charge in [-0.05, 0) is 24.3 Å². The molecule has 2 atom stereocenters. The number of amides is 2. The molecule has 148 valence electrons. The van der Waals surface area contributed by atoms with E-state index in [1.165, 1.54) is 0 Å². The van der Waals surface area contributed by atoms with E-state index in [0.29, 0.717) is 25.5 Å². The van der Waals surface area contributed by atoms with Crippen molar-refractivity contribution in [2.75, 3.05) is 24.5 Å². The molecule has 0 radical (unpaired) electrons. The van der Waals surface area contributed by atoms with Crippen LogP contribution in [0, 0.1) is 5.92 Å². The lowest BCUT2D eigenvalue weighted by molar-refractivity contribution is -0.137. The number of aromatic nitrogens is 4. The van der Waals surface area contributed by atoms with Gasteiger partial charge in [0.25, 0.3) is 0 Å². The molecule has 2 aliphatic heterocycles. The maximum atomic E-state index is 13.2. The molecule has 2 saturated heterocycles. The lowest BCUT2D eigenvalue weighted by Crippen LogP contribution is -2.43. The molecule has 8 heteroatoms. The first-order valence-electron chi connectivity index (χ1n) is 10.0. The number of carbonyl (C=O) groups is 2. The molecular weight excluding hydrogens is 368 g/mol. The van der Waals surface area contributed by atoms with Crippen LogP contribution in [0.2, 0.25) is 0 Å². The molecule has 3 aromatic rings. The topological polar surface area (TPSA) is 95.1 Å². The molecule has 2 fully saturated rings. The minimum absolute atomic E-state index is 0.00595. The standard InChI is InChI=1S/C21H22N6O2/c28-19-11-16(13-27(19)18-9-3-6-14-5-1-2-8-17(14)18)21(29)26-10-4-7-15(12-26)20-22-24-25-23-20/h1-3,5-6,8-9,15-16H,4,7,10-13H2,(H,22,23,24,25). The van der Waals surface area contributed by atoms with E-state index in [9.17, 15) is 9.59 Å². The Hall–Kier alpha value is -3.29. The van der Waals surface area contributed by atoms with Crippen LogP contribution in [0.15, 0.2) is 42.5 Å². The van der Waals surface area contributed by atoms with E-state index in [4.69, 9.17) is 0 Å². The van der Waals surface area contributed by atoms with Crippen molar-refractivity contribution in [2.45, 2.75) is 25.2 Å². The van der Waals surface area contributed by atoms with Gasteiger partial charge in [0, 0.05) is 37.4 Å². The Bertz CT molecular complexity index is 1050. The normalized spacial score (nSPS) is 22.4. The highest BCUT2D eigenvalue weighted by atomic mass is 16.2. The molecule has 1 aromatic heterocycles. The number of H-pyrrole nitrogens is 1. The Morgan fingerprint density at radius 2 is 1.97 bits per heavy atom. The third-order valence-corrected chi connectivity index (χ3v) is 5.99. The fourth-order valence-electron chi connectivity index (χ4n) is 4.54. The Balaban J connectivity index is 1.34. The lowest BCUT2D eigenvalue weighted by Gasteiger charge is -2.33. The van der Waals surface area contributed by atoms with Gasteiger partial charge >= 0.3 is 0 Å². The summed E-state index contributed by atoms with van der Waals surface area (Å²) in [6.07, 6.45) is 2.10. The molecule has 29 heavy (non-hydrogen) atoms. The van der Waals surface area contributed by atoms with E-state index in [2.05, 4.69) is 20.6 Å². The van der Waals surface area contributed by atoms with Crippen LogP contribution < -0.4 is 4.90 Å². The van der Waals surface area contributed by atoms with Gasteiger partial charge in [-0.3, -0.25) is 9.59 Å². The zero-order chi connectivity index (χ0) is 19.8. The van der Waals surface area contributed by atoms with Gasteiger partial charge in [-0.25, -0.2) is 0 Å². The van der Waals surface area contributed by atoms with Crippen LogP contribution >= 0.6 is 0 Å². The van der Waals surface area contributed by atoms with Gasteiger partial charge in [-0.15, -0.1) is 10.2 Å². The molecule has 0 aliphatic carbocycles. The number of rotatable bonds is 3. The number of nitrogens with one attached hydrogen (secondary N) is 1. The zero-order valence-corrected chi connectivity index (χ0v) is 16.0. The summed E-state index contributed by atoms with van der Waals surface area (Å²) in [6, 6.07) is 14.0. The van der Waals surface area contributed by atoms with E-state index in [1.807, 2.05) is 47.4 Å². The predicted octanol–water partition coefficient (Wildman–Crippen LogP) is 2.11. The van der Waals surface area contributed by atoms with Crippen molar-refractivity contribution >= 4 is 28.3 Å². The number of aromatic amines is 1. The molecule has 8 nitrogen and oxygen atoms in total. The first kappa shape index (κ1) is 17.8. The first-order valence-corrected chi connectivity index (χ1v) is 10.0. The Morgan fingerprint density at radius 3 is 2.83 bits per heavy atom. The van der Waals surface area contributed by atoms with Gasteiger partial charge in [0.15, 0.2) is 5.82 Å². The van der Waals surface area contributed by atoms with Crippen molar-refractivity contribution in [3.63, 3.8) is 0 Å². The molecule has 2 amide bonds. The molecule has 1 N–H and O–H groups in total. The molecule has 3 heterocycles. The number of carbonyl (C=O) groups excluding carboxylic acids is 2. The third-order valence-electron chi connectivity index (χ3n) is 5.99. The number of benzene rings is 2.